The van der Waals surface area contributed by atoms with Crippen molar-refractivity contribution in [2.24, 2.45) is 5.92 Å². The molecule has 4 rings (SSSR count). The molecule has 0 unspecified atom stereocenters. The van der Waals surface area contributed by atoms with Crippen molar-refractivity contribution in [3.63, 3.8) is 0 Å². The van der Waals surface area contributed by atoms with E-state index in [-0.39, 0.29) is 42.5 Å². The fourth-order valence-electron chi connectivity index (χ4n) is 4.18. The third-order valence-electron chi connectivity index (χ3n) is 6.06. The van der Waals surface area contributed by atoms with Gasteiger partial charge in [-0.05, 0) is 48.1 Å². The Morgan fingerprint density at radius 3 is 2.35 bits per heavy atom. The van der Waals surface area contributed by atoms with E-state index in [1.54, 1.807) is 25.1 Å². The first-order valence-electron chi connectivity index (χ1n) is 11.4. The Morgan fingerprint density at radius 2 is 1.68 bits per heavy atom. The van der Waals surface area contributed by atoms with Crippen LogP contribution in [0.2, 0.25) is 0 Å². The number of carbonyl (C=O) groups is 3. The lowest BCUT2D eigenvalue weighted by Gasteiger charge is -2.30. The number of anilines is 1. The van der Waals surface area contributed by atoms with Crippen LogP contribution in [-0.4, -0.2) is 41.8 Å². The van der Waals surface area contributed by atoms with Gasteiger partial charge in [0.1, 0.15) is 18.4 Å². The third-order valence-corrected chi connectivity index (χ3v) is 6.06. The van der Waals surface area contributed by atoms with E-state index >= 15 is 0 Å². The van der Waals surface area contributed by atoms with E-state index in [1.807, 2.05) is 44.2 Å². The number of rotatable bonds is 8. The molecule has 3 aromatic carbocycles. The van der Waals surface area contributed by atoms with E-state index in [9.17, 15) is 18.8 Å². The average Bonchev–Trinajstić information content (AvgIpc) is 3.09. The molecule has 0 saturated carbocycles. The van der Waals surface area contributed by atoms with Gasteiger partial charge in [0, 0.05) is 24.0 Å². The number of nitrogens with one attached hydrogen (secondary N) is 1. The van der Waals surface area contributed by atoms with Gasteiger partial charge in [-0.25, -0.2) is 4.39 Å². The number of hydrogen-bond donors (Lipinski definition) is 1. The fourth-order valence-corrected chi connectivity index (χ4v) is 4.18. The first kappa shape index (κ1) is 23.4. The van der Waals surface area contributed by atoms with E-state index in [4.69, 9.17) is 0 Å². The number of hydrogen-bond acceptors (Lipinski definition) is 3. The Bertz CT molecular complexity index is 1230. The topological polar surface area (TPSA) is 69.7 Å². The van der Waals surface area contributed by atoms with Crippen LogP contribution in [0.4, 0.5) is 10.1 Å². The molecule has 0 fully saturated rings. The Kier molecular flexibility index (Phi) is 6.63. The maximum absolute atomic E-state index is 13.5. The molecule has 0 aliphatic carbocycles. The second-order valence-electron chi connectivity index (χ2n) is 9.04. The minimum absolute atomic E-state index is 0.120. The molecule has 7 heteroatoms. The maximum Gasteiger partial charge on any atom is 0.259 e. The first-order valence-corrected chi connectivity index (χ1v) is 11.4. The van der Waals surface area contributed by atoms with Crippen molar-refractivity contribution >= 4 is 34.2 Å². The van der Waals surface area contributed by atoms with Gasteiger partial charge in [-0.15, -0.1) is 0 Å². The van der Waals surface area contributed by atoms with E-state index in [1.165, 1.54) is 21.9 Å². The maximum atomic E-state index is 13.5. The Hall–Kier alpha value is -3.74. The summed E-state index contributed by atoms with van der Waals surface area (Å²) >= 11 is 0. The Balaban J connectivity index is 1.60. The average molecular weight is 462 g/mol. The predicted molar refractivity (Wildman–Crippen MR) is 130 cm³/mol. The minimum Gasteiger partial charge on any atom is -0.354 e. The molecule has 0 aromatic heterocycles. The largest absolute Gasteiger partial charge is 0.354 e. The zero-order valence-corrected chi connectivity index (χ0v) is 19.5. The standard InChI is InChI=1S/C27H28FN3O3/c1-17(2)14-29-26(33)18(3)30(15-19-10-12-21(28)13-11-19)24(32)16-31-23-9-5-7-20-6-4-8-22(25(20)23)27(31)34/h4-13,17-18H,14-16H2,1-3H3,(H,29,33)/t18-/m1/s1. The van der Waals surface area contributed by atoms with Crippen molar-refractivity contribution in [3.8, 4) is 0 Å². The van der Waals surface area contributed by atoms with Gasteiger partial charge in [-0.3, -0.25) is 19.3 Å². The molecule has 1 N–H and O–H groups in total. The number of amides is 3. The molecule has 0 spiro atoms. The minimum atomic E-state index is -0.771. The second-order valence-corrected chi connectivity index (χ2v) is 9.04. The Labute approximate surface area is 198 Å². The summed E-state index contributed by atoms with van der Waals surface area (Å²) in [4.78, 5) is 42.4. The molecule has 34 heavy (non-hydrogen) atoms. The molecule has 0 saturated heterocycles. The quantitative estimate of drug-likeness (QED) is 0.549. The predicted octanol–water partition coefficient (Wildman–Crippen LogP) is 4.13. The van der Waals surface area contributed by atoms with Crippen molar-refractivity contribution < 1.29 is 18.8 Å². The molecular formula is C27H28FN3O3. The monoisotopic (exact) mass is 461 g/mol. The second kappa shape index (κ2) is 9.63. The third kappa shape index (κ3) is 4.64. The summed E-state index contributed by atoms with van der Waals surface area (Å²) in [5, 5.41) is 4.63. The summed E-state index contributed by atoms with van der Waals surface area (Å²) in [6.07, 6.45) is 0. The van der Waals surface area contributed by atoms with Gasteiger partial charge in [0.2, 0.25) is 11.8 Å². The smallest absolute Gasteiger partial charge is 0.259 e. The summed E-state index contributed by atoms with van der Waals surface area (Å²) in [5.74, 6) is -0.993. The summed E-state index contributed by atoms with van der Waals surface area (Å²) < 4.78 is 13.4. The van der Waals surface area contributed by atoms with Crippen molar-refractivity contribution in [3.05, 3.63) is 77.6 Å². The molecule has 176 valence electrons. The molecule has 3 aromatic rings. The van der Waals surface area contributed by atoms with Crippen LogP contribution in [0.15, 0.2) is 60.7 Å². The molecule has 6 nitrogen and oxygen atoms in total. The van der Waals surface area contributed by atoms with Crippen LogP contribution in [0.5, 0.6) is 0 Å². The molecule has 1 aliphatic heterocycles. The first-order chi connectivity index (χ1) is 16.3. The highest BCUT2D eigenvalue weighted by atomic mass is 19.1. The van der Waals surface area contributed by atoms with E-state index in [0.717, 1.165) is 10.8 Å². The van der Waals surface area contributed by atoms with Gasteiger partial charge in [-0.2, -0.15) is 0 Å². The fraction of sp³-hybridized carbons (Fsp3) is 0.296. The highest BCUT2D eigenvalue weighted by molar-refractivity contribution is 6.26. The zero-order valence-electron chi connectivity index (χ0n) is 19.5. The molecular weight excluding hydrogens is 433 g/mol. The number of benzene rings is 3. The van der Waals surface area contributed by atoms with Gasteiger partial charge < -0.3 is 10.2 Å². The molecule has 3 amide bonds. The van der Waals surface area contributed by atoms with E-state index in [0.29, 0.717) is 23.4 Å². The van der Waals surface area contributed by atoms with Gasteiger partial charge in [0.25, 0.3) is 5.91 Å². The molecule has 1 atom stereocenters. The van der Waals surface area contributed by atoms with Crippen LogP contribution in [-0.2, 0) is 16.1 Å². The van der Waals surface area contributed by atoms with Crippen molar-refractivity contribution in [1.82, 2.24) is 10.2 Å². The van der Waals surface area contributed by atoms with Crippen LogP contribution < -0.4 is 10.2 Å². The molecule has 0 bridgehead atoms. The number of halogens is 1. The molecule has 0 radical (unpaired) electrons. The normalized spacial score (nSPS) is 13.4. The summed E-state index contributed by atoms with van der Waals surface area (Å²) in [6, 6.07) is 16.2. The molecule has 1 heterocycles. The Morgan fingerprint density at radius 1 is 1.00 bits per heavy atom. The number of carbonyl (C=O) groups excluding carboxylic acids is 3. The van der Waals surface area contributed by atoms with Gasteiger partial charge in [-0.1, -0.05) is 50.2 Å². The van der Waals surface area contributed by atoms with Crippen LogP contribution in [0.3, 0.4) is 0 Å². The van der Waals surface area contributed by atoms with Crippen molar-refractivity contribution in [1.29, 1.82) is 0 Å². The lowest BCUT2D eigenvalue weighted by atomic mass is 10.1. The van der Waals surface area contributed by atoms with Crippen LogP contribution in [0.1, 0.15) is 36.7 Å². The zero-order chi connectivity index (χ0) is 24.4. The summed E-state index contributed by atoms with van der Waals surface area (Å²) in [7, 11) is 0. The highest BCUT2D eigenvalue weighted by Gasteiger charge is 2.34. The van der Waals surface area contributed by atoms with Crippen LogP contribution in [0, 0.1) is 11.7 Å². The van der Waals surface area contributed by atoms with Gasteiger partial charge in [0.15, 0.2) is 0 Å². The highest BCUT2D eigenvalue weighted by Crippen LogP contribution is 2.37. The number of nitrogens with zero attached hydrogens (tertiary/aromatic N) is 2. The van der Waals surface area contributed by atoms with Crippen molar-refractivity contribution in [2.45, 2.75) is 33.4 Å². The summed E-state index contributed by atoms with van der Waals surface area (Å²) in [5.41, 5.74) is 1.94. The lowest BCUT2D eigenvalue weighted by molar-refractivity contribution is -0.139. The summed E-state index contributed by atoms with van der Waals surface area (Å²) in [6.45, 7) is 6.06. The van der Waals surface area contributed by atoms with E-state index < -0.39 is 6.04 Å². The SMILES string of the molecule is CC(C)CNC(=O)[C@@H](C)N(Cc1ccc(F)cc1)C(=O)CN1C(=O)c2cccc3cccc1c23. The van der Waals surface area contributed by atoms with Crippen LogP contribution in [0.25, 0.3) is 10.8 Å². The van der Waals surface area contributed by atoms with Crippen LogP contribution >= 0.6 is 0 Å². The lowest BCUT2D eigenvalue weighted by Crippen LogP contribution is -2.51. The van der Waals surface area contributed by atoms with E-state index in [2.05, 4.69) is 5.32 Å². The van der Waals surface area contributed by atoms with Gasteiger partial charge in [0.05, 0.1) is 5.69 Å². The molecule has 1 aliphatic rings. The van der Waals surface area contributed by atoms with Gasteiger partial charge >= 0.3 is 0 Å². The van der Waals surface area contributed by atoms with Crippen molar-refractivity contribution in [2.75, 3.05) is 18.0 Å².